The summed E-state index contributed by atoms with van der Waals surface area (Å²) >= 11 is 3.26. The van der Waals surface area contributed by atoms with Crippen LogP contribution in [-0.4, -0.2) is 0 Å². The maximum Gasteiger partial charge on any atom is 0.134 e. The van der Waals surface area contributed by atoms with Gasteiger partial charge in [0, 0.05) is 9.86 Å². The molecule has 0 saturated heterocycles. The monoisotopic (exact) mass is 319 g/mol. The largest absolute Gasteiger partial charge is 0.459 e. The van der Waals surface area contributed by atoms with E-state index in [0.717, 1.165) is 11.0 Å². The van der Waals surface area contributed by atoms with Gasteiger partial charge in [0.1, 0.15) is 17.2 Å². The highest BCUT2D eigenvalue weighted by Gasteiger charge is 2.15. The second-order valence-corrected chi connectivity index (χ2v) is 5.28. The van der Waals surface area contributed by atoms with Crippen molar-refractivity contribution in [3.8, 4) is 0 Å². The first-order valence-electron chi connectivity index (χ1n) is 5.83. The van der Waals surface area contributed by atoms with Crippen molar-refractivity contribution in [1.29, 1.82) is 0 Å². The van der Waals surface area contributed by atoms with Gasteiger partial charge >= 0.3 is 0 Å². The molecule has 0 aliphatic carbocycles. The normalized spacial score (nSPS) is 12.8. The minimum absolute atomic E-state index is 0.323. The van der Waals surface area contributed by atoms with Crippen LogP contribution in [0.1, 0.15) is 17.4 Å². The third-order valence-electron chi connectivity index (χ3n) is 3.00. The summed E-state index contributed by atoms with van der Waals surface area (Å²) in [7, 11) is 0. The lowest BCUT2D eigenvalue weighted by molar-refractivity contribution is 0.523. The minimum Gasteiger partial charge on any atom is -0.459 e. The SMILES string of the molecule is NC(c1cc(F)cc(Br)c1)c1cc2ccccc2o1. The summed E-state index contributed by atoms with van der Waals surface area (Å²) in [6, 6.07) is 13.7. The van der Waals surface area contributed by atoms with Gasteiger partial charge in [0.05, 0.1) is 6.04 Å². The standard InChI is InChI=1S/C15H11BrFNO/c16-11-5-10(6-12(17)8-11)15(18)14-7-9-3-1-2-4-13(9)19-14/h1-8,15H,18H2. The number of para-hydroxylation sites is 1. The summed E-state index contributed by atoms with van der Waals surface area (Å²) < 4.78 is 19.8. The number of furan rings is 1. The molecule has 0 saturated carbocycles. The molecule has 2 aromatic carbocycles. The van der Waals surface area contributed by atoms with Crippen LogP contribution in [0.25, 0.3) is 11.0 Å². The van der Waals surface area contributed by atoms with Gasteiger partial charge in [0.2, 0.25) is 0 Å². The van der Waals surface area contributed by atoms with E-state index < -0.39 is 6.04 Å². The summed E-state index contributed by atoms with van der Waals surface area (Å²) in [5.41, 5.74) is 7.59. The lowest BCUT2D eigenvalue weighted by Gasteiger charge is -2.09. The lowest BCUT2D eigenvalue weighted by atomic mass is 10.1. The molecule has 96 valence electrons. The van der Waals surface area contributed by atoms with Crippen molar-refractivity contribution in [2.24, 2.45) is 5.73 Å². The third kappa shape index (κ3) is 2.41. The molecule has 1 heterocycles. The summed E-state index contributed by atoms with van der Waals surface area (Å²) in [5.74, 6) is 0.301. The predicted octanol–water partition coefficient (Wildman–Crippen LogP) is 4.38. The third-order valence-corrected chi connectivity index (χ3v) is 3.45. The van der Waals surface area contributed by atoms with E-state index in [2.05, 4.69) is 15.9 Å². The smallest absolute Gasteiger partial charge is 0.134 e. The van der Waals surface area contributed by atoms with Crippen LogP contribution >= 0.6 is 15.9 Å². The van der Waals surface area contributed by atoms with Crippen molar-refractivity contribution in [1.82, 2.24) is 0 Å². The van der Waals surface area contributed by atoms with Crippen molar-refractivity contribution in [3.05, 3.63) is 70.1 Å². The second kappa shape index (κ2) is 4.79. The van der Waals surface area contributed by atoms with Crippen molar-refractivity contribution in [3.63, 3.8) is 0 Å². The molecule has 0 spiro atoms. The highest BCUT2D eigenvalue weighted by Crippen LogP contribution is 2.28. The molecule has 3 aromatic rings. The molecular formula is C15H11BrFNO. The van der Waals surface area contributed by atoms with Gasteiger partial charge < -0.3 is 10.2 Å². The number of benzene rings is 2. The second-order valence-electron chi connectivity index (χ2n) is 4.37. The van der Waals surface area contributed by atoms with Gasteiger partial charge in [-0.05, 0) is 35.9 Å². The van der Waals surface area contributed by atoms with E-state index in [-0.39, 0.29) is 5.82 Å². The Morgan fingerprint density at radius 1 is 1.11 bits per heavy atom. The Labute approximate surface area is 118 Å². The number of hydrogen-bond donors (Lipinski definition) is 1. The maximum atomic E-state index is 13.4. The van der Waals surface area contributed by atoms with Gasteiger partial charge in [0.15, 0.2) is 0 Å². The van der Waals surface area contributed by atoms with Crippen LogP contribution < -0.4 is 5.73 Å². The molecule has 0 aliphatic heterocycles. The molecule has 0 fully saturated rings. The fraction of sp³-hybridized carbons (Fsp3) is 0.0667. The quantitative estimate of drug-likeness (QED) is 0.761. The molecule has 1 aromatic heterocycles. The van der Waals surface area contributed by atoms with Gasteiger partial charge in [0.25, 0.3) is 0 Å². The Hall–Kier alpha value is -1.65. The molecule has 3 rings (SSSR count). The fourth-order valence-electron chi connectivity index (χ4n) is 2.07. The van der Waals surface area contributed by atoms with Gasteiger partial charge in [-0.2, -0.15) is 0 Å². The van der Waals surface area contributed by atoms with E-state index in [1.165, 1.54) is 12.1 Å². The lowest BCUT2D eigenvalue weighted by Crippen LogP contribution is -2.11. The Bertz CT molecular complexity index is 685. The molecule has 0 amide bonds. The maximum absolute atomic E-state index is 13.4. The van der Waals surface area contributed by atoms with Crippen molar-refractivity contribution in [2.45, 2.75) is 6.04 Å². The van der Waals surface area contributed by atoms with Crippen LogP contribution in [-0.2, 0) is 0 Å². The molecule has 2 nitrogen and oxygen atoms in total. The van der Waals surface area contributed by atoms with E-state index in [0.29, 0.717) is 15.8 Å². The molecule has 0 radical (unpaired) electrons. The Balaban J connectivity index is 2.05. The number of fused-ring (bicyclic) bond motifs is 1. The van der Waals surface area contributed by atoms with Crippen LogP contribution in [0.2, 0.25) is 0 Å². The molecule has 0 bridgehead atoms. The molecule has 1 atom stereocenters. The highest BCUT2D eigenvalue weighted by molar-refractivity contribution is 9.10. The summed E-state index contributed by atoms with van der Waals surface area (Å²) in [4.78, 5) is 0. The first kappa shape index (κ1) is 12.4. The zero-order valence-electron chi connectivity index (χ0n) is 9.94. The topological polar surface area (TPSA) is 39.2 Å². The van der Waals surface area contributed by atoms with Crippen LogP contribution in [0.3, 0.4) is 0 Å². The molecular weight excluding hydrogens is 309 g/mol. The average Bonchev–Trinajstić information content (AvgIpc) is 2.80. The number of rotatable bonds is 2. The van der Waals surface area contributed by atoms with E-state index >= 15 is 0 Å². The fourth-order valence-corrected chi connectivity index (χ4v) is 2.56. The first-order valence-corrected chi connectivity index (χ1v) is 6.63. The molecule has 19 heavy (non-hydrogen) atoms. The number of halogens is 2. The molecule has 0 aliphatic rings. The highest BCUT2D eigenvalue weighted by atomic mass is 79.9. The Morgan fingerprint density at radius 3 is 2.63 bits per heavy atom. The van der Waals surface area contributed by atoms with Crippen LogP contribution in [0.5, 0.6) is 0 Å². The Kier molecular flexibility index (Phi) is 3.12. The first-order chi connectivity index (χ1) is 9.13. The van der Waals surface area contributed by atoms with Crippen molar-refractivity contribution >= 4 is 26.9 Å². The van der Waals surface area contributed by atoms with E-state index in [9.17, 15) is 4.39 Å². The van der Waals surface area contributed by atoms with E-state index in [1.807, 2.05) is 30.3 Å². The van der Waals surface area contributed by atoms with Crippen LogP contribution in [0, 0.1) is 5.82 Å². The van der Waals surface area contributed by atoms with E-state index in [4.69, 9.17) is 10.2 Å². The number of nitrogens with two attached hydrogens (primary N) is 1. The van der Waals surface area contributed by atoms with Gasteiger partial charge in [-0.1, -0.05) is 34.1 Å². The molecule has 1 unspecified atom stereocenters. The van der Waals surface area contributed by atoms with Gasteiger partial charge in [-0.15, -0.1) is 0 Å². The summed E-state index contributed by atoms with van der Waals surface area (Å²) in [6.07, 6.45) is 0. The van der Waals surface area contributed by atoms with Gasteiger partial charge in [-0.3, -0.25) is 0 Å². The number of hydrogen-bond acceptors (Lipinski definition) is 2. The van der Waals surface area contributed by atoms with Gasteiger partial charge in [-0.25, -0.2) is 4.39 Å². The average molecular weight is 320 g/mol. The summed E-state index contributed by atoms with van der Waals surface area (Å²) in [6.45, 7) is 0. The van der Waals surface area contributed by atoms with E-state index in [1.54, 1.807) is 6.07 Å². The summed E-state index contributed by atoms with van der Waals surface area (Å²) in [5, 5.41) is 0.989. The predicted molar refractivity (Wildman–Crippen MR) is 76.3 cm³/mol. The van der Waals surface area contributed by atoms with Crippen LogP contribution in [0.4, 0.5) is 4.39 Å². The Morgan fingerprint density at radius 2 is 1.89 bits per heavy atom. The minimum atomic E-state index is -0.487. The van der Waals surface area contributed by atoms with Crippen LogP contribution in [0.15, 0.2) is 57.4 Å². The zero-order valence-corrected chi connectivity index (χ0v) is 11.5. The van der Waals surface area contributed by atoms with Crippen molar-refractivity contribution < 1.29 is 8.81 Å². The molecule has 2 N–H and O–H groups in total. The zero-order chi connectivity index (χ0) is 13.4. The van der Waals surface area contributed by atoms with Crippen molar-refractivity contribution in [2.75, 3.05) is 0 Å². The molecule has 4 heteroatoms.